The lowest BCUT2D eigenvalue weighted by molar-refractivity contribution is 0.0783. The van der Waals surface area contributed by atoms with Crippen molar-refractivity contribution in [3.63, 3.8) is 0 Å². The number of hydrogen-bond donors (Lipinski definition) is 1. The number of aromatic nitrogens is 4. The molecule has 1 saturated heterocycles. The van der Waals surface area contributed by atoms with Crippen LogP contribution >= 0.6 is 0 Å². The van der Waals surface area contributed by atoms with E-state index in [0.29, 0.717) is 35.7 Å². The molecule has 2 aromatic heterocycles. The lowest BCUT2D eigenvalue weighted by Gasteiger charge is -2.29. The molecule has 8 nitrogen and oxygen atoms in total. The van der Waals surface area contributed by atoms with Gasteiger partial charge in [0.2, 0.25) is 0 Å². The van der Waals surface area contributed by atoms with E-state index in [0.717, 1.165) is 24.2 Å². The van der Waals surface area contributed by atoms with E-state index >= 15 is 4.39 Å². The second-order valence-electron chi connectivity index (χ2n) is 10.3. The van der Waals surface area contributed by atoms with Crippen LogP contribution < -0.4 is 5.32 Å². The number of nitrogens with zero attached hydrogens (tertiary/aromatic N) is 6. The van der Waals surface area contributed by atoms with Crippen LogP contribution in [0.1, 0.15) is 59.0 Å². The molecular weight excluding hydrogens is 488 g/mol. The van der Waals surface area contributed by atoms with Crippen molar-refractivity contribution in [2.75, 3.05) is 19.6 Å². The molecule has 0 saturated carbocycles. The Morgan fingerprint density at radius 1 is 1.32 bits per heavy atom. The monoisotopic (exact) mass is 519 g/mol. The number of alkyl halides is 1. The largest absolute Gasteiger partial charge is 0.336 e. The minimum absolute atomic E-state index is 0.0500. The molecule has 1 amide bonds. The summed E-state index contributed by atoms with van der Waals surface area (Å²) in [6, 6.07) is 6.18. The Hall–Kier alpha value is -3.84. The Bertz CT molecular complexity index is 1510. The summed E-state index contributed by atoms with van der Waals surface area (Å²) in [7, 11) is 1.82. The third kappa shape index (κ3) is 4.21. The number of likely N-dealkylation sites (tertiary alicyclic amines) is 1. The molecule has 0 spiro atoms. The molecule has 38 heavy (non-hydrogen) atoms. The third-order valence-electron chi connectivity index (χ3n) is 7.64. The Kier molecular flexibility index (Phi) is 6.43. The van der Waals surface area contributed by atoms with Gasteiger partial charge in [0.1, 0.15) is 23.4 Å². The maximum absolute atomic E-state index is 16.4. The number of imidazole rings is 1. The standard InChI is InChI=1S/C28H31F2N7O/c1-6-32-20-9-10-36(15-20)27(38)25-17(3)37(26(33-25)18-7-8-19(14-31)22(29)11-18)24-12-21-16(2)35(5)34-23(21)13-28(24,4)30/h7-8,11-12,20,32H,6,9-10,13,15H2,1-5H3/t20-,28?/m0/s1. The van der Waals surface area contributed by atoms with E-state index < -0.39 is 11.5 Å². The van der Waals surface area contributed by atoms with E-state index in [9.17, 15) is 14.4 Å². The SMILES string of the molecule is CCN[C@H]1CCN(C(=O)c2nc(-c3ccc(C#N)c(F)c3)n(C3=Cc4c(nn(C)c4C)CC3(C)F)c2C)C1. The van der Waals surface area contributed by atoms with Crippen LogP contribution in [0.5, 0.6) is 0 Å². The van der Waals surface area contributed by atoms with Crippen molar-refractivity contribution < 1.29 is 13.6 Å². The molecule has 2 aliphatic rings. The fourth-order valence-corrected chi connectivity index (χ4v) is 5.49. The smallest absolute Gasteiger partial charge is 0.274 e. The number of halogens is 2. The summed E-state index contributed by atoms with van der Waals surface area (Å²) in [5, 5.41) is 17.1. The van der Waals surface area contributed by atoms with Gasteiger partial charge in [0.05, 0.1) is 22.6 Å². The van der Waals surface area contributed by atoms with Crippen LogP contribution in [0.2, 0.25) is 0 Å². The highest BCUT2D eigenvalue weighted by molar-refractivity contribution is 5.96. The first kappa shape index (κ1) is 25.8. The van der Waals surface area contributed by atoms with Gasteiger partial charge < -0.3 is 10.2 Å². The van der Waals surface area contributed by atoms with Crippen LogP contribution in [-0.4, -0.2) is 61.5 Å². The van der Waals surface area contributed by atoms with Gasteiger partial charge in [-0.1, -0.05) is 6.92 Å². The molecule has 1 aliphatic carbocycles. The summed E-state index contributed by atoms with van der Waals surface area (Å²) in [6.45, 7) is 9.13. The first-order valence-corrected chi connectivity index (χ1v) is 12.8. The number of likely N-dealkylation sites (N-methyl/N-ethyl adjacent to an activating group) is 1. The number of amides is 1. The van der Waals surface area contributed by atoms with Crippen LogP contribution in [0.15, 0.2) is 18.2 Å². The van der Waals surface area contributed by atoms with Crippen LogP contribution in [0.25, 0.3) is 23.2 Å². The molecule has 3 aromatic rings. The van der Waals surface area contributed by atoms with Crippen molar-refractivity contribution in [2.45, 2.75) is 52.2 Å². The number of allylic oxidation sites excluding steroid dienone is 1. The van der Waals surface area contributed by atoms with Crippen molar-refractivity contribution in [1.29, 1.82) is 5.26 Å². The molecule has 1 aromatic carbocycles. The van der Waals surface area contributed by atoms with Gasteiger partial charge in [0, 0.05) is 49.4 Å². The van der Waals surface area contributed by atoms with Crippen molar-refractivity contribution in [3.8, 4) is 17.5 Å². The van der Waals surface area contributed by atoms with Gasteiger partial charge >= 0.3 is 0 Å². The molecule has 0 bridgehead atoms. The molecule has 2 atom stereocenters. The molecule has 5 rings (SSSR count). The van der Waals surface area contributed by atoms with Crippen LogP contribution in [-0.2, 0) is 13.5 Å². The second-order valence-corrected chi connectivity index (χ2v) is 10.3. The van der Waals surface area contributed by atoms with Crippen molar-refractivity contribution in [2.24, 2.45) is 7.05 Å². The highest BCUT2D eigenvalue weighted by Gasteiger charge is 2.40. The molecular formula is C28H31F2N7O. The van der Waals surface area contributed by atoms with Crippen molar-refractivity contribution in [3.05, 3.63) is 57.9 Å². The van der Waals surface area contributed by atoms with Gasteiger partial charge in [-0.15, -0.1) is 0 Å². The average Bonchev–Trinajstić information content (AvgIpc) is 3.54. The van der Waals surface area contributed by atoms with E-state index in [1.165, 1.54) is 19.1 Å². The molecule has 1 aliphatic heterocycles. The van der Waals surface area contributed by atoms with Gasteiger partial charge in [0.25, 0.3) is 5.91 Å². The maximum Gasteiger partial charge on any atom is 0.274 e. The maximum atomic E-state index is 16.4. The summed E-state index contributed by atoms with van der Waals surface area (Å²) >= 11 is 0. The van der Waals surface area contributed by atoms with E-state index in [4.69, 9.17) is 0 Å². The molecule has 1 unspecified atom stereocenters. The highest BCUT2D eigenvalue weighted by Crippen LogP contribution is 2.41. The third-order valence-corrected chi connectivity index (χ3v) is 7.64. The molecule has 1 fully saturated rings. The van der Waals surface area contributed by atoms with Gasteiger partial charge in [-0.05, 0) is 58.0 Å². The number of aryl methyl sites for hydroxylation is 1. The summed E-state index contributed by atoms with van der Waals surface area (Å²) in [5.41, 5.74) is 1.76. The highest BCUT2D eigenvalue weighted by atomic mass is 19.1. The lowest BCUT2D eigenvalue weighted by atomic mass is 9.88. The fraction of sp³-hybridized carbons (Fsp3) is 0.429. The van der Waals surface area contributed by atoms with E-state index in [1.807, 2.05) is 27.0 Å². The van der Waals surface area contributed by atoms with Crippen molar-refractivity contribution >= 4 is 17.7 Å². The first-order chi connectivity index (χ1) is 18.1. The molecule has 3 heterocycles. The Morgan fingerprint density at radius 2 is 2.08 bits per heavy atom. The molecule has 198 valence electrons. The van der Waals surface area contributed by atoms with Crippen molar-refractivity contribution in [1.82, 2.24) is 29.5 Å². The number of hydrogen-bond acceptors (Lipinski definition) is 5. The zero-order valence-electron chi connectivity index (χ0n) is 22.3. The number of nitriles is 1. The molecule has 1 N–H and O–H groups in total. The van der Waals surface area contributed by atoms with Crippen LogP contribution in [0.3, 0.4) is 0 Å². The zero-order valence-corrected chi connectivity index (χ0v) is 22.3. The van der Waals surface area contributed by atoms with Gasteiger partial charge in [-0.25, -0.2) is 13.8 Å². The zero-order chi connectivity index (χ0) is 27.4. The fourth-order valence-electron chi connectivity index (χ4n) is 5.49. The topological polar surface area (TPSA) is 91.8 Å². The molecule has 0 radical (unpaired) electrons. The minimum atomic E-state index is -1.83. The van der Waals surface area contributed by atoms with Gasteiger partial charge in [0.15, 0.2) is 5.67 Å². The number of rotatable bonds is 5. The number of carbonyl (C=O) groups excluding carboxylic acids is 1. The normalized spacial score (nSPS) is 20.8. The van der Waals surface area contributed by atoms with E-state index in [-0.39, 0.29) is 35.5 Å². The predicted molar refractivity (Wildman–Crippen MR) is 140 cm³/mol. The Balaban J connectivity index is 1.69. The van der Waals surface area contributed by atoms with Gasteiger partial charge in [-0.2, -0.15) is 10.4 Å². The Labute approximate surface area is 220 Å². The van der Waals surface area contributed by atoms with E-state index in [1.54, 1.807) is 33.2 Å². The number of fused-ring (bicyclic) bond motifs is 1. The number of benzene rings is 1. The summed E-state index contributed by atoms with van der Waals surface area (Å²) < 4.78 is 34.4. The van der Waals surface area contributed by atoms with Crippen LogP contribution in [0.4, 0.5) is 8.78 Å². The summed E-state index contributed by atoms with van der Waals surface area (Å²) in [6.07, 6.45) is 2.64. The average molecular weight is 520 g/mol. The second kappa shape index (κ2) is 9.48. The van der Waals surface area contributed by atoms with E-state index in [2.05, 4.69) is 15.4 Å². The summed E-state index contributed by atoms with van der Waals surface area (Å²) in [4.78, 5) is 20.1. The van der Waals surface area contributed by atoms with Gasteiger partial charge in [-0.3, -0.25) is 14.0 Å². The first-order valence-electron chi connectivity index (χ1n) is 12.8. The number of nitrogens with one attached hydrogen (secondary N) is 1. The Morgan fingerprint density at radius 3 is 2.76 bits per heavy atom. The number of carbonyl (C=O) groups is 1. The summed E-state index contributed by atoms with van der Waals surface area (Å²) in [5.74, 6) is -0.701. The predicted octanol–water partition coefficient (Wildman–Crippen LogP) is 4.02. The van der Waals surface area contributed by atoms with Crippen LogP contribution in [0, 0.1) is 31.0 Å². The lowest BCUT2D eigenvalue weighted by Crippen LogP contribution is -2.35. The quantitative estimate of drug-likeness (QED) is 0.550. The minimum Gasteiger partial charge on any atom is -0.336 e. The molecule has 10 heteroatoms.